The summed E-state index contributed by atoms with van der Waals surface area (Å²) in [5, 5.41) is 0. The van der Waals surface area contributed by atoms with E-state index in [2.05, 4.69) is 32.6 Å². The zero-order valence-corrected chi connectivity index (χ0v) is 17.8. The van der Waals surface area contributed by atoms with Crippen LogP contribution < -0.4 is 5.73 Å². The van der Waals surface area contributed by atoms with Crippen LogP contribution in [0, 0.1) is 11.8 Å². The van der Waals surface area contributed by atoms with E-state index in [-0.39, 0.29) is 18.3 Å². The number of carbonyl (C=O) groups is 1. The molecule has 2 saturated heterocycles. The molecule has 3 fully saturated rings. The topological polar surface area (TPSA) is 64.8 Å². The second-order valence-electron chi connectivity index (χ2n) is 10.2. The number of nitrogens with zero attached hydrogens (tertiary/aromatic N) is 1. The number of aldehydes is 1. The largest absolute Gasteiger partial charge is 0.457 e. The van der Waals surface area contributed by atoms with E-state index in [9.17, 15) is 4.79 Å². The van der Waals surface area contributed by atoms with Gasteiger partial charge in [0.05, 0.1) is 16.7 Å². The van der Waals surface area contributed by atoms with Gasteiger partial charge < -0.3 is 24.7 Å². The summed E-state index contributed by atoms with van der Waals surface area (Å²) in [6, 6.07) is 0. The first-order valence-electron chi connectivity index (χ1n) is 11.0. The average molecular weight is 378 g/mol. The van der Waals surface area contributed by atoms with Gasteiger partial charge in [-0.3, -0.25) is 0 Å². The van der Waals surface area contributed by atoms with E-state index in [1.807, 2.05) is 0 Å². The monoisotopic (exact) mass is 378 g/mol. The predicted octanol–water partition coefficient (Wildman–Crippen LogP) is 3.27. The Morgan fingerprint density at radius 2 is 1.70 bits per heavy atom. The molecule has 2 N–H and O–H groups in total. The van der Waals surface area contributed by atoms with Gasteiger partial charge in [0.25, 0.3) is 0 Å². The first kappa shape index (κ1) is 21.3. The normalized spacial score (nSPS) is 36.3. The molecule has 0 amide bonds. The van der Waals surface area contributed by atoms with Crippen LogP contribution in [0.2, 0.25) is 6.32 Å². The minimum atomic E-state index is -0.654. The average Bonchev–Trinajstić information content (AvgIpc) is 3.18. The van der Waals surface area contributed by atoms with Gasteiger partial charge >= 0.3 is 7.12 Å². The van der Waals surface area contributed by atoms with Gasteiger partial charge in [0, 0.05) is 0 Å². The fraction of sp³-hybridized carbons (Fsp3) is 0.952. The fourth-order valence-electron chi connectivity index (χ4n) is 5.08. The predicted molar refractivity (Wildman–Crippen MR) is 110 cm³/mol. The summed E-state index contributed by atoms with van der Waals surface area (Å²) in [6.07, 6.45) is 9.66. The summed E-state index contributed by atoms with van der Waals surface area (Å²) in [6.45, 7) is 11.9. The third-order valence-electron chi connectivity index (χ3n) is 7.65. The molecule has 0 aromatic carbocycles. The van der Waals surface area contributed by atoms with Crippen molar-refractivity contribution in [2.75, 3.05) is 19.6 Å². The smallest absolute Gasteiger partial charge is 0.403 e. The van der Waals surface area contributed by atoms with Gasteiger partial charge in [0.1, 0.15) is 6.29 Å². The standard InChI is InChI=1S/C21H39BN2O3/c1-19(2)20(3,4)27-22(26-19)11-9-17-7-8-18(21(23,15-17)16-25)10-14-24-12-5-6-13-24/h16-18H,5-15,23H2,1-4H3/t17-,18?,21?/m0/s1. The molecule has 3 atom stereocenters. The molecule has 0 bridgehead atoms. The number of likely N-dealkylation sites (tertiary alicyclic amines) is 1. The van der Waals surface area contributed by atoms with Crippen LogP contribution in [0.5, 0.6) is 0 Å². The Labute approximate surface area is 165 Å². The van der Waals surface area contributed by atoms with Crippen molar-refractivity contribution in [3.63, 3.8) is 0 Å². The lowest BCUT2D eigenvalue weighted by atomic mass is 9.66. The van der Waals surface area contributed by atoms with Crippen molar-refractivity contribution in [1.82, 2.24) is 4.90 Å². The molecule has 2 heterocycles. The summed E-state index contributed by atoms with van der Waals surface area (Å²) in [5.74, 6) is 0.811. The third-order valence-corrected chi connectivity index (χ3v) is 7.65. The van der Waals surface area contributed by atoms with E-state index in [0.29, 0.717) is 11.8 Å². The molecular weight excluding hydrogens is 339 g/mol. The van der Waals surface area contributed by atoms with Gasteiger partial charge in [0.2, 0.25) is 0 Å². The molecule has 0 radical (unpaired) electrons. The van der Waals surface area contributed by atoms with E-state index in [0.717, 1.165) is 51.3 Å². The number of carbonyl (C=O) groups excluding carboxylic acids is 1. The number of rotatable bonds is 7. The molecule has 3 rings (SSSR count). The number of nitrogens with two attached hydrogens (primary N) is 1. The molecule has 3 aliphatic rings. The SMILES string of the molecule is CC1(C)OB(CC[C@@H]2CCC(CCN3CCCC3)C(N)(C=O)C2)OC1(C)C. The quantitative estimate of drug-likeness (QED) is 0.544. The molecule has 0 aromatic heterocycles. The van der Waals surface area contributed by atoms with Crippen molar-refractivity contribution in [3.05, 3.63) is 0 Å². The minimum absolute atomic E-state index is 0.147. The maximum Gasteiger partial charge on any atom is 0.457 e. The third kappa shape index (κ3) is 4.77. The summed E-state index contributed by atoms with van der Waals surface area (Å²) in [5.41, 5.74) is 5.40. The maximum atomic E-state index is 11.9. The maximum absolute atomic E-state index is 11.9. The Hall–Kier alpha value is -0.425. The van der Waals surface area contributed by atoms with Crippen molar-refractivity contribution < 1.29 is 14.1 Å². The van der Waals surface area contributed by atoms with E-state index in [1.54, 1.807) is 0 Å². The van der Waals surface area contributed by atoms with Crippen LogP contribution in [0.25, 0.3) is 0 Å². The number of hydrogen-bond donors (Lipinski definition) is 1. The highest BCUT2D eigenvalue weighted by Crippen LogP contribution is 2.41. The van der Waals surface area contributed by atoms with Crippen LogP contribution in [0.15, 0.2) is 0 Å². The molecule has 2 aliphatic heterocycles. The van der Waals surface area contributed by atoms with E-state index in [1.165, 1.54) is 25.9 Å². The molecule has 1 saturated carbocycles. The molecule has 27 heavy (non-hydrogen) atoms. The summed E-state index contributed by atoms with van der Waals surface area (Å²) in [7, 11) is -0.147. The highest BCUT2D eigenvalue weighted by Gasteiger charge is 2.51. The molecule has 0 aromatic rings. The van der Waals surface area contributed by atoms with Crippen LogP contribution in [0.4, 0.5) is 0 Å². The summed E-state index contributed by atoms with van der Waals surface area (Å²) < 4.78 is 12.2. The van der Waals surface area contributed by atoms with Gasteiger partial charge in [-0.05, 0) is 97.6 Å². The summed E-state index contributed by atoms with van der Waals surface area (Å²) in [4.78, 5) is 14.4. The Kier molecular flexibility index (Phi) is 6.41. The first-order valence-corrected chi connectivity index (χ1v) is 11.0. The van der Waals surface area contributed by atoms with Gasteiger partial charge in [0.15, 0.2) is 0 Å². The Balaban J connectivity index is 1.48. The second kappa shape index (κ2) is 8.13. The molecule has 2 unspecified atom stereocenters. The molecule has 154 valence electrons. The highest BCUT2D eigenvalue weighted by atomic mass is 16.7. The molecular formula is C21H39BN2O3. The lowest BCUT2D eigenvalue weighted by molar-refractivity contribution is -0.116. The molecule has 0 spiro atoms. The zero-order chi connectivity index (χ0) is 19.7. The van der Waals surface area contributed by atoms with Crippen LogP contribution in [-0.2, 0) is 14.1 Å². The molecule has 6 heteroatoms. The van der Waals surface area contributed by atoms with E-state index < -0.39 is 5.54 Å². The minimum Gasteiger partial charge on any atom is -0.403 e. The van der Waals surface area contributed by atoms with Gasteiger partial charge in [-0.15, -0.1) is 0 Å². The van der Waals surface area contributed by atoms with Crippen LogP contribution >= 0.6 is 0 Å². The van der Waals surface area contributed by atoms with Crippen LogP contribution in [-0.4, -0.2) is 54.7 Å². The lowest BCUT2D eigenvalue weighted by Gasteiger charge is -2.41. The Morgan fingerprint density at radius 1 is 1.07 bits per heavy atom. The lowest BCUT2D eigenvalue weighted by Crippen LogP contribution is -2.53. The van der Waals surface area contributed by atoms with Gasteiger partial charge in [-0.1, -0.05) is 12.8 Å². The van der Waals surface area contributed by atoms with Crippen molar-refractivity contribution >= 4 is 13.4 Å². The van der Waals surface area contributed by atoms with Crippen molar-refractivity contribution in [3.8, 4) is 0 Å². The van der Waals surface area contributed by atoms with Crippen molar-refractivity contribution in [2.24, 2.45) is 17.6 Å². The van der Waals surface area contributed by atoms with E-state index in [4.69, 9.17) is 15.0 Å². The fourth-order valence-corrected chi connectivity index (χ4v) is 5.08. The summed E-state index contributed by atoms with van der Waals surface area (Å²) >= 11 is 0. The van der Waals surface area contributed by atoms with Gasteiger partial charge in [-0.2, -0.15) is 0 Å². The Bertz CT molecular complexity index is 506. The second-order valence-corrected chi connectivity index (χ2v) is 10.2. The molecule has 1 aliphatic carbocycles. The first-order chi connectivity index (χ1) is 12.7. The van der Waals surface area contributed by atoms with Crippen molar-refractivity contribution in [2.45, 2.75) is 95.7 Å². The van der Waals surface area contributed by atoms with Crippen molar-refractivity contribution in [1.29, 1.82) is 0 Å². The van der Waals surface area contributed by atoms with Crippen LogP contribution in [0.1, 0.15) is 72.6 Å². The van der Waals surface area contributed by atoms with E-state index >= 15 is 0 Å². The van der Waals surface area contributed by atoms with Crippen LogP contribution in [0.3, 0.4) is 0 Å². The molecule has 5 nitrogen and oxygen atoms in total. The highest BCUT2D eigenvalue weighted by molar-refractivity contribution is 6.45. The van der Waals surface area contributed by atoms with Gasteiger partial charge in [-0.25, -0.2) is 0 Å². The zero-order valence-electron chi connectivity index (χ0n) is 17.8. The number of hydrogen-bond acceptors (Lipinski definition) is 5. The Morgan fingerprint density at radius 3 is 2.30 bits per heavy atom.